The lowest BCUT2D eigenvalue weighted by atomic mass is 9.95. The summed E-state index contributed by atoms with van der Waals surface area (Å²) in [6.45, 7) is 6.37. The number of hydrogen-bond acceptors (Lipinski definition) is 6. The molecule has 0 spiro atoms. The first-order valence-corrected chi connectivity index (χ1v) is 15.1. The van der Waals surface area contributed by atoms with Gasteiger partial charge in [0, 0.05) is 61.2 Å². The van der Waals surface area contributed by atoms with Crippen LogP contribution < -0.4 is 10.2 Å². The minimum absolute atomic E-state index is 0.122. The van der Waals surface area contributed by atoms with Crippen molar-refractivity contribution in [2.75, 3.05) is 11.4 Å². The first kappa shape index (κ1) is 31.2. The zero-order valence-electron chi connectivity index (χ0n) is 25.5. The van der Waals surface area contributed by atoms with Crippen LogP contribution in [0.2, 0.25) is 0 Å². The molecule has 5 aromatic rings. The van der Waals surface area contributed by atoms with Crippen molar-refractivity contribution in [3.63, 3.8) is 0 Å². The predicted octanol–water partition coefficient (Wildman–Crippen LogP) is 6.22. The molecule has 3 N–H and O–H groups in total. The van der Waals surface area contributed by atoms with Crippen LogP contribution in [0.25, 0.3) is 27.8 Å². The van der Waals surface area contributed by atoms with E-state index in [1.807, 2.05) is 22.9 Å². The van der Waals surface area contributed by atoms with Gasteiger partial charge in [-0.2, -0.15) is 18.3 Å². The van der Waals surface area contributed by atoms with Crippen molar-refractivity contribution < 1.29 is 27.5 Å². The third-order valence-electron chi connectivity index (χ3n) is 8.54. The van der Waals surface area contributed by atoms with Crippen molar-refractivity contribution in [3.05, 3.63) is 88.3 Å². The molecule has 0 aliphatic carbocycles. The molecule has 0 saturated heterocycles. The number of benzene rings is 2. The third kappa shape index (κ3) is 5.59. The molecule has 0 fully saturated rings. The molecule has 1 atom stereocenters. The fourth-order valence-corrected chi connectivity index (χ4v) is 6.08. The maximum atomic E-state index is 16.6. The van der Waals surface area contributed by atoms with Crippen LogP contribution in [0.1, 0.15) is 54.3 Å². The molecule has 4 heterocycles. The van der Waals surface area contributed by atoms with E-state index >= 15 is 4.39 Å². The van der Waals surface area contributed by atoms with Crippen molar-refractivity contribution in [3.8, 4) is 16.9 Å². The fraction of sp³-hybridized carbons (Fsp3) is 0.333. The monoisotopic (exact) mass is 635 g/mol. The largest absolute Gasteiger partial charge is 0.480 e. The Morgan fingerprint density at radius 3 is 2.43 bits per heavy atom. The lowest BCUT2D eigenvalue weighted by Gasteiger charge is -2.27. The van der Waals surface area contributed by atoms with Gasteiger partial charge in [0.2, 0.25) is 5.95 Å². The number of alkyl halides is 3. The summed E-state index contributed by atoms with van der Waals surface area (Å²) in [5, 5.41) is 17.9. The van der Waals surface area contributed by atoms with E-state index in [2.05, 4.69) is 34.1 Å². The summed E-state index contributed by atoms with van der Waals surface area (Å²) in [7, 11) is 0. The number of halogens is 4. The van der Waals surface area contributed by atoms with Crippen LogP contribution in [0, 0.1) is 5.82 Å². The number of para-hydroxylation sites is 1. The predicted molar refractivity (Wildman–Crippen MR) is 165 cm³/mol. The topological polar surface area (TPSA) is 112 Å². The van der Waals surface area contributed by atoms with Crippen molar-refractivity contribution in [2.45, 2.75) is 65.3 Å². The number of carboxylic acids is 1. The Kier molecular flexibility index (Phi) is 8.28. The number of aromatic nitrogens is 5. The Morgan fingerprint density at radius 2 is 1.80 bits per heavy atom. The Balaban J connectivity index is 1.54. The number of nitrogens with zero attached hydrogens (tertiary/aromatic N) is 5. The van der Waals surface area contributed by atoms with Gasteiger partial charge in [-0.15, -0.1) is 0 Å². The smallest absolute Gasteiger partial charge is 0.419 e. The van der Waals surface area contributed by atoms with Gasteiger partial charge in [0.15, 0.2) is 0 Å². The van der Waals surface area contributed by atoms with E-state index in [1.54, 1.807) is 17.2 Å². The molecule has 0 unspecified atom stereocenters. The molecule has 0 saturated carbocycles. The molecular formula is C33H33F4N7O2. The van der Waals surface area contributed by atoms with Crippen molar-refractivity contribution >= 4 is 22.8 Å². The first-order chi connectivity index (χ1) is 22.0. The number of carboxylic acid groups (broad SMARTS) is 1. The molecule has 46 heavy (non-hydrogen) atoms. The fourth-order valence-electron chi connectivity index (χ4n) is 6.08. The van der Waals surface area contributed by atoms with Gasteiger partial charge in [-0.1, -0.05) is 32.0 Å². The van der Waals surface area contributed by atoms with Crippen molar-refractivity contribution in [2.24, 2.45) is 0 Å². The number of aromatic amines is 1. The van der Waals surface area contributed by atoms with Gasteiger partial charge in [0.1, 0.15) is 11.9 Å². The van der Waals surface area contributed by atoms with E-state index in [-0.39, 0.29) is 19.0 Å². The maximum Gasteiger partial charge on any atom is 0.419 e. The molecule has 240 valence electrons. The second-order valence-corrected chi connectivity index (χ2v) is 11.4. The Morgan fingerprint density at radius 1 is 1.11 bits per heavy atom. The highest BCUT2D eigenvalue weighted by atomic mass is 19.4. The van der Waals surface area contributed by atoms with E-state index in [1.165, 1.54) is 13.0 Å². The van der Waals surface area contributed by atoms with Crippen LogP contribution in [0.4, 0.5) is 23.5 Å². The zero-order valence-corrected chi connectivity index (χ0v) is 25.5. The van der Waals surface area contributed by atoms with Crippen molar-refractivity contribution in [1.29, 1.82) is 0 Å². The summed E-state index contributed by atoms with van der Waals surface area (Å²) in [5.74, 6) is -1.38. The minimum Gasteiger partial charge on any atom is -0.480 e. The summed E-state index contributed by atoms with van der Waals surface area (Å²) in [5.41, 5.74) is 5.59. The van der Waals surface area contributed by atoms with E-state index in [9.17, 15) is 23.1 Å². The first-order valence-electron chi connectivity index (χ1n) is 15.1. The average molecular weight is 636 g/mol. The number of anilines is 1. The molecular weight excluding hydrogens is 602 g/mol. The number of aryl methyl sites for hydroxylation is 2. The maximum absolute atomic E-state index is 16.6. The summed E-state index contributed by atoms with van der Waals surface area (Å²) < 4.78 is 58.0. The SMILES string of the molecule is CCc1cccc(CC)c1-n1nc2c(c1-c1c(F)cc(CN[C@@H](C)C(=O)O)c3[nH]ccc13)CN(c1ncc(C(F)(F)F)cn1)CC2. The summed E-state index contributed by atoms with van der Waals surface area (Å²) in [4.78, 5) is 24.4. The minimum atomic E-state index is -4.56. The average Bonchev–Trinajstić information content (AvgIpc) is 3.68. The normalized spacial score (nSPS) is 14.1. The van der Waals surface area contributed by atoms with Gasteiger partial charge < -0.3 is 20.3 Å². The molecule has 0 radical (unpaired) electrons. The molecule has 6 rings (SSSR count). The van der Waals surface area contributed by atoms with Crippen molar-refractivity contribution in [1.82, 2.24) is 30.0 Å². The van der Waals surface area contributed by atoms with Crippen LogP contribution in [-0.4, -0.2) is 48.4 Å². The van der Waals surface area contributed by atoms with Gasteiger partial charge in [0.05, 0.1) is 28.2 Å². The van der Waals surface area contributed by atoms with E-state index in [0.717, 1.165) is 40.5 Å². The molecule has 0 bridgehead atoms. The second-order valence-electron chi connectivity index (χ2n) is 11.4. The van der Waals surface area contributed by atoms with Crippen LogP contribution in [-0.2, 0) is 43.3 Å². The van der Waals surface area contributed by atoms with Gasteiger partial charge in [0.25, 0.3) is 0 Å². The van der Waals surface area contributed by atoms with Crippen LogP contribution in [0.15, 0.2) is 48.9 Å². The highest BCUT2D eigenvalue weighted by molar-refractivity contribution is 5.98. The molecule has 3 aromatic heterocycles. The van der Waals surface area contributed by atoms with Gasteiger partial charge in [-0.25, -0.2) is 19.0 Å². The van der Waals surface area contributed by atoms with Gasteiger partial charge in [-0.05, 0) is 48.6 Å². The Bertz CT molecular complexity index is 1890. The van der Waals surface area contributed by atoms with Crippen LogP contribution in [0.5, 0.6) is 0 Å². The molecule has 13 heteroatoms. The summed E-state index contributed by atoms with van der Waals surface area (Å²) in [6, 6.07) is 8.42. The van der Waals surface area contributed by atoms with E-state index in [0.29, 0.717) is 53.5 Å². The quantitative estimate of drug-likeness (QED) is 0.165. The zero-order chi connectivity index (χ0) is 32.7. The van der Waals surface area contributed by atoms with Gasteiger partial charge >= 0.3 is 12.1 Å². The number of carbonyl (C=O) groups is 1. The second kappa shape index (κ2) is 12.2. The Labute approximate surface area is 262 Å². The van der Waals surface area contributed by atoms with E-state index in [4.69, 9.17) is 5.10 Å². The summed E-state index contributed by atoms with van der Waals surface area (Å²) in [6.07, 6.45) is 0.577. The molecule has 9 nitrogen and oxygen atoms in total. The highest BCUT2D eigenvalue weighted by Gasteiger charge is 2.34. The van der Waals surface area contributed by atoms with Gasteiger partial charge in [-0.3, -0.25) is 4.79 Å². The Hall–Kier alpha value is -4.78. The number of aliphatic carboxylic acids is 1. The molecule has 1 aliphatic heterocycles. The lowest BCUT2D eigenvalue weighted by Crippen LogP contribution is -2.33. The number of rotatable bonds is 9. The highest BCUT2D eigenvalue weighted by Crippen LogP contribution is 2.41. The molecule has 2 aromatic carbocycles. The molecule has 1 aliphatic rings. The lowest BCUT2D eigenvalue weighted by molar-refractivity contribution is -0.139. The number of H-pyrrole nitrogens is 1. The third-order valence-corrected chi connectivity index (χ3v) is 8.54. The number of nitrogens with one attached hydrogen (secondary N) is 2. The van der Waals surface area contributed by atoms with Crippen LogP contribution in [0.3, 0.4) is 0 Å². The summed E-state index contributed by atoms with van der Waals surface area (Å²) >= 11 is 0. The number of hydrogen-bond donors (Lipinski definition) is 3. The number of fused-ring (bicyclic) bond motifs is 2. The van der Waals surface area contributed by atoms with E-state index < -0.39 is 29.6 Å². The standard InChI is InChI=1S/C33H33F4N7O2/c1-4-19-7-6-8-20(5-2)29(19)44-30(27-23-9-11-38-28(23)21(13-25(27)34)14-39-18(3)31(45)46)24-17-43(12-10-26(24)42-44)32-40-15-22(16-41-32)33(35,36)37/h6-9,11,13,15-16,18,38-39H,4-5,10,12,14,17H2,1-3H3,(H,45,46)/t18-/m0/s1. The molecule has 0 amide bonds. The van der Waals surface area contributed by atoms with Crippen LogP contribution >= 0.6 is 0 Å².